The number of ketones is 1. The summed E-state index contributed by atoms with van der Waals surface area (Å²) in [5, 5.41) is 10.4. The number of hydrogen-bond acceptors (Lipinski definition) is 5. The van der Waals surface area contributed by atoms with Gasteiger partial charge in [-0.1, -0.05) is 30.3 Å². The zero-order chi connectivity index (χ0) is 21.1. The van der Waals surface area contributed by atoms with Gasteiger partial charge in [0.2, 0.25) is 11.7 Å². The highest BCUT2D eigenvalue weighted by Crippen LogP contribution is 2.36. The molecule has 0 aromatic heterocycles. The molecule has 1 unspecified atom stereocenters. The number of carboxylic acids is 1. The maximum atomic E-state index is 13.1. The average molecular weight is 398 g/mol. The maximum Gasteiger partial charge on any atom is 0.303 e. The minimum absolute atomic E-state index is 0.0481. The third-order valence-electron chi connectivity index (χ3n) is 5.08. The van der Waals surface area contributed by atoms with Gasteiger partial charge in [0.1, 0.15) is 11.7 Å². The molecular formula is C21H22N2O6. The van der Waals surface area contributed by atoms with Crippen molar-refractivity contribution in [3.8, 4) is 5.75 Å². The number of anilines is 1. The first-order valence-electron chi connectivity index (χ1n) is 9.23. The van der Waals surface area contributed by atoms with E-state index in [1.807, 2.05) is 30.3 Å². The van der Waals surface area contributed by atoms with Crippen LogP contribution in [0.15, 0.2) is 36.4 Å². The second kappa shape index (κ2) is 8.30. The highest BCUT2D eigenvalue weighted by molar-refractivity contribution is 6.43. The summed E-state index contributed by atoms with van der Waals surface area (Å²) in [4.78, 5) is 51.0. The van der Waals surface area contributed by atoms with Crippen molar-refractivity contribution in [3.05, 3.63) is 36.4 Å². The Morgan fingerprint density at radius 1 is 1.21 bits per heavy atom. The van der Waals surface area contributed by atoms with E-state index in [-0.39, 0.29) is 25.9 Å². The van der Waals surface area contributed by atoms with Crippen LogP contribution in [0.2, 0.25) is 0 Å². The number of carbonyl (C=O) groups excluding carboxylic acids is 3. The molecule has 1 aliphatic heterocycles. The molecule has 2 aromatic rings. The Morgan fingerprint density at radius 3 is 2.62 bits per heavy atom. The molecule has 29 heavy (non-hydrogen) atoms. The predicted molar refractivity (Wildman–Crippen MR) is 106 cm³/mol. The van der Waals surface area contributed by atoms with Crippen LogP contribution in [-0.2, 0) is 19.2 Å². The molecule has 1 atom stereocenters. The summed E-state index contributed by atoms with van der Waals surface area (Å²) in [6, 6.07) is 11.1. The lowest BCUT2D eigenvalue weighted by atomic mass is 10.0. The number of Topliss-reactive ketones (excluding diaryl/α,β-unsaturated/α-hetero) is 1. The molecule has 152 valence electrons. The highest BCUT2D eigenvalue weighted by Gasteiger charge is 2.44. The first-order valence-corrected chi connectivity index (χ1v) is 9.23. The van der Waals surface area contributed by atoms with E-state index in [4.69, 9.17) is 9.84 Å². The normalized spacial score (nSPS) is 16.3. The van der Waals surface area contributed by atoms with Crippen LogP contribution in [0.4, 0.5) is 5.69 Å². The summed E-state index contributed by atoms with van der Waals surface area (Å²) in [6.07, 6.45) is 0.117. The minimum atomic E-state index is -1.12. The monoisotopic (exact) mass is 398 g/mol. The van der Waals surface area contributed by atoms with E-state index in [1.165, 1.54) is 16.9 Å². The SMILES string of the molecule is COc1ccc2ccccc2c1N(C)C(=O)C1CN(CCCC(=O)O)C(=O)C1=O. The van der Waals surface area contributed by atoms with Crippen LogP contribution >= 0.6 is 0 Å². The number of likely N-dealkylation sites (tertiary alicyclic amines) is 1. The van der Waals surface area contributed by atoms with Crippen LogP contribution < -0.4 is 9.64 Å². The van der Waals surface area contributed by atoms with Gasteiger partial charge in [-0.15, -0.1) is 0 Å². The smallest absolute Gasteiger partial charge is 0.303 e. The molecule has 1 fully saturated rings. The van der Waals surface area contributed by atoms with Crippen LogP contribution in [0, 0.1) is 5.92 Å². The second-order valence-corrected chi connectivity index (χ2v) is 6.90. The summed E-state index contributed by atoms with van der Waals surface area (Å²) >= 11 is 0. The fraction of sp³-hybridized carbons (Fsp3) is 0.333. The van der Waals surface area contributed by atoms with Gasteiger partial charge in [0, 0.05) is 31.9 Å². The van der Waals surface area contributed by atoms with Gasteiger partial charge in [0.15, 0.2) is 0 Å². The van der Waals surface area contributed by atoms with Crippen LogP contribution in [-0.4, -0.2) is 60.8 Å². The van der Waals surface area contributed by atoms with Crippen molar-refractivity contribution in [1.82, 2.24) is 4.90 Å². The Hall–Kier alpha value is -3.42. The number of methoxy groups -OCH3 is 1. The molecule has 0 saturated carbocycles. The van der Waals surface area contributed by atoms with Gasteiger partial charge >= 0.3 is 5.97 Å². The molecule has 0 aliphatic carbocycles. The van der Waals surface area contributed by atoms with E-state index in [2.05, 4.69) is 0 Å². The van der Waals surface area contributed by atoms with E-state index in [1.54, 1.807) is 13.1 Å². The molecule has 1 aliphatic rings. The number of aliphatic carboxylic acids is 1. The molecule has 1 N–H and O–H groups in total. The molecule has 1 heterocycles. The molecule has 0 bridgehead atoms. The lowest BCUT2D eigenvalue weighted by Gasteiger charge is -2.24. The van der Waals surface area contributed by atoms with Gasteiger partial charge < -0.3 is 19.6 Å². The average Bonchev–Trinajstić information content (AvgIpc) is 3.00. The fourth-order valence-electron chi connectivity index (χ4n) is 3.59. The number of nitrogens with zero attached hydrogens (tertiary/aromatic N) is 2. The van der Waals surface area contributed by atoms with E-state index in [9.17, 15) is 19.2 Å². The minimum Gasteiger partial charge on any atom is -0.495 e. The van der Waals surface area contributed by atoms with Crippen molar-refractivity contribution < 1.29 is 29.0 Å². The highest BCUT2D eigenvalue weighted by atomic mass is 16.5. The number of fused-ring (bicyclic) bond motifs is 1. The molecule has 8 nitrogen and oxygen atoms in total. The number of benzene rings is 2. The third-order valence-corrected chi connectivity index (χ3v) is 5.08. The molecule has 1 saturated heterocycles. The lowest BCUT2D eigenvalue weighted by Crippen LogP contribution is -2.37. The van der Waals surface area contributed by atoms with Gasteiger partial charge in [-0.3, -0.25) is 19.2 Å². The van der Waals surface area contributed by atoms with Crippen LogP contribution in [0.3, 0.4) is 0 Å². The van der Waals surface area contributed by atoms with Crippen molar-refractivity contribution in [2.45, 2.75) is 12.8 Å². The molecule has 0 spiro atoms. The first-order chi connectivity index (χ1) is 13.8. The summed E-state index contributed by atoms with van der Waals surface area (Å²) < 4.78 is 5.42. The van der Waals surface area contributed by atoms with E-state index in [0.29, 0.717) is 11.4 Å². The second-order valence-electron chi connectivity index (χ2n) is 6.90. The zero-order valence-corrected chi connectivity index (χ0v) is 16.3. The lowest BCUT2D eigenvalue weighted by molar-refractivity contribution is -0.142. The largest absolute Gasteiger partial charge is 0.495 e. The van der Waals surface area contributed by atoms with Gasteiger partial charge in [-0.05, 0) is 17.9 Å². The Bertz CT molecular complexity index is 986. The van der Waals surface area contributed by atoms with Crippen molar-refractivity contribution in [1.29, 1.82) is 0 Å². The molecule has 3 rings (SSSR count). The molecule has 0 radical (unpaired) electrons. The third kappa shape index (κ3) is 3.91. The number of rotatable bonds is 7. The Labute approximate surface area is 167 Å². The van der Waals surface area contributed by atoms with Crippen molar-refractivity contribution >= 4 is 40.0 Å². The van der Waals surface area contributed by atoms with Gasteiger partial charge in [-0.2, -0.15) is 0 Å². The Kier molecular flexibility index (Phi) is 5.81. The number of hydrogen-bond donors (Lipinski definition) is 1. The summed E-state index contributed by atoms with van der Waals surface area (Å²) in [7, 11) is 3.05. The van der Waals surface area contributed by atoms with Gasteiger partial charge in [0.05, 0.1) is 12.8 Å². The quantitative estimate of drug-likeness (QED) is 0.562. The van der Waals surface area contributed by atoms with Crippen LogP contribution in [0.1, 0.15) is 12.8 Å². The Balaban J connectivity index is 1.85. The van der Waals surface area contributed by atoms with E-state index >= 15 is 0 Å². The van der Waals surface area contributed by atoms with E-state index in [0.717, 1.165) is 10.8 Å². The summed E-state index contributed by atoms with van der Waals surface area (Å²) in [5.74, 6) is -3.63. The van der Waals surface area contributed by atoms with Crippen molar-refractivity contribution in [3.63, 3.8) is 0 Å². The number of ether oxygens (including phenoxy) is 1. The number of amides is 2. The van der Waals surface area contributed by atoms with Crippen molar-refractivity contribution in [2.24, 2.45) is 5.92 Å². The van der Waals surface area contributed by atoms with Gasteiger partial charge in [-0.25, -0.2) is 0 Å². The van der Waals surface area contributed by atoms with Crippen molar-refractivity contribution in [2.75, 3.05) is 32.1 Å². The molecule has 8 heteroatoms. The number of carbonyl (C=O) groups is 4. The molecule has 2 aromatic carbocycles. The Morgan fingerprint density at radius 2 is 1.93 bits per heavy atom. The predicted octanol–water partition coefficient (Wildman–Crippen LogP) is 1.70. The van der Waals surface area contributed by atoms with Crippen LogP contribution in [0.5, 0.6) is 5.75 Å². The summed E-state index contributed by atoms with van der Waals surface area (Å²) in [6.45, 7) is 0.0789. The van der Waals surface area contributed by atoms with E-state index < -0.39 is 29.5 Å². The molecule has 2 amide bonds. The van der Waals surface area contributed by atoms with Gasteiger partial charge in [0.25, 0.3) is 5.91 Å². The van der Waals surface area contributed by atoms with Crippen LogP contribution in [0.25, 0.3) is 10.8 Å². The fourth-order valence-corrected chi connectivity index (χ4v) is 3.59. The first kappa shape index (κ1) is 20.3. The molecular weight excluding hydrogens is 376 g/mol. The zero-order valence-electron chi connectivity index (χ0n) is 16.3. The summed E-state index contributed by atoms with van der Waals surface area (Å²) in [5.41, 5.74) is 0.528. The topological polar surface area (TPSA) is 104 Å². The standard InChI is InChI=1S/C21H22N2O6/c1-22(18-14-7-4-3-6-13(14)9-10-16(18)29-2)20(27)15-12-23(21(28)19(15)26)11-5-8-17(24)25/h3-4,6-7,9-10,15H,5,8,11-12H2,1-2H3,(H,24,25). The number of carboxylic acid groups (broad SMARTS) is 1. The maximum absolute atomic E-state index is 13.1.